The van der Waals surface area contributed by atoms with E-state index in [-0.39, 0.29) is 28.8 Å². The van der Waals surface area contributed by atoms with Crippen LogP contribution in [-0.2, 0) is 9.53 Å². The maximum Gasteiger partial charge on any atom is 0.340 e. The molecule has 0 spiro atoms. The van der Waals surface area contributed by atoms with Gasteiger partial charge in [-0.25, -0.2) is 9.59 Å². The van der Waals surface area contributed by atoms with Crippen LogP contribution in [0.2, 0.25) is 0 Å². The average molecular weight is 476 g/mol. The number of carbonyl (C=O) groups excluding carboxylic acids is 4. The van der Waals surface area contributed by atoms with E-state index in [0.29, 0.717) is 4.88 Å². The molecule has 33 heavy (non-hydrogen) atoms. The van der Waals surface area contributed by atoms with E-state index in [2.05, 4.69) is 16.0 Å². The molecule has 3 rings (SSSR count). The molecule has 0 bridgehead atoms. The number of imide groups is 1. The maximum absolute atomic E-state index is 12.7. The summed E-state index contributed by atoms with van der Waals surface area (Å²) in [5.41, 5.74) is 0.0798. The summed E-state index contributed by atoms with van der Waals surface area (Å²) < 4.78 is 15.5. The van der Waals surface area contributed by atoms with E-state index in [1.54, 1.807) is 17.5 Å². The van der Waals surface area contributed by atoms with Crippen molar-refractivity contribution in [1.29, 1.82) is 0 Å². The number of amides is 4. The van der Waals surface area contributed by atoms with Crippen LogP contribution in [0.3, 0.4) is 0 Å². The number of nitrogens with one attached hydrogen (secondary N) is 3. The Hall–Kier alpha value is -3.60. The molecule has 11 heteroatoms. The van der Waals surface area contributed by atoms with Gasteiger partial charge in [0, 0.05) is 18.2 Å². The van der Waals surface area contributed by atoms with Crippen LogP contribution in [0.5, 0.6) is 11.5 Å². The van der Waals surface area contributed by atoms with Gasteiger partial charge in [0.05, 0.1) is 30.3 Å². The number of esters is 1. The summed E-state index contributed by atoms with van der Waals surface area (Å²) in [6, 6.07) is 5.55. The molecule has 0 radical (unpaired) electrons. The number of hydrogen-bond acceptors (Lipinski definition) is 8. The number of hydrogen-bond donors (Lipinski definition) is 3. The van der Waals surface area contributed by atoms with Gasteiger partial charge in [-0.05, 0) is 24.3 Å². The SMILES string of the molecule is COc1cc(NC(=O)c2cccs2)c(C(=O)OCC(=O)NC(=O)NC2CCCC2)cc1OC. The summed E-state index contributed by atoms with van der Waals surface area (Å²) in [5, 5.41) is 9.25. The highest BCUT2D eigenvalue weighted by Gasteiger charge is 2.22. The zero-order valence-electron chi connectivity index (χ0n) is 18.3. The molecule has 1 aromatic carbocycles. The Bertz CT molecular complexity index is 1020. The normalized spacial score (nSPS) is 13.2. The van der Waals surface area contributed by atoms with Crippen LogP contribution in [0.25, 0.3) is 0 Å². The summed E-state index contributed by atoms with van der Waals surface area (Å²) in [6.45, 7) is -0.677. The van der Waals surface area contributed by atoms with Gasteiger partial charge in [-0.2, -0.15) is 0 Å². The molecule has 4 amide bonds. The van der Waals surface area contributed by atoms with Crippen LogP contribution in [0.15, 0.2) is 29.6 Å². The van der Waals surface area contributed by atoms with Gasteiger partial charge < -0.3 is 24.8 Å². The molecule has 1 aliphatic carbocycles. The van der Waals surface area contributed by atoms with Crippen LogP contribution < -0.4 is 25.4 Å². The molecule has 0 aliphatic heterocycles. The number of anilines is 1. The van der Waals surface area contributed by atoms with E-state index in [0.717, 1.165) is 25.7 Å². The predicted molar refractivity (Wildman–Crippen MR) is 121 cm³/mol. The van der Waals surface area contributed by atoms with Crippen LogP contribution in [0.4, 0.5) is 10.5 Å². The number of urea groups is 1. The van der Waals surface area contributed by atoms with Crippen molar-refractivity contribution in [3.63, 3.8) is 0 Å². The Morgan fingerprint density at radius 2 is 1.76 bits per heavy atom. The lowest BCUT2D eigenvalue weighted by molar-refractivity contribution is -0.123. The standard InChI is InChI=1S/C22H25N3O7S/c1-30-16-10-14(15(11-17(16)31-2)24-20(27)18-8-5-9-33-18)21(28)32-12-19(26)25-22(29)23-13-6-3-4-7-13/h5,8-11,13H,3-4,6-7,12H2,1-2H3,(H,24,27)(H2,23,25,26,29). The minimum absolute atomic E-state index is 0.0410. The van der Waals surface area contributed by atoms with Gasteiger partial charge in [0.2, 0.25) is 0 Å². The van der Waals surface area contributed by atoms with Crippen molar-refractivity contribution in [3.05, 3.63) is 40.1 Å². The maximum atomic E-state index is 12.7. The lowest BCUT2D eigenvalue weighted by Crippen LogP contribution is -2.45. The van der Waals surface area contributed by atoms with Gasteiger partial charge >= 0.3 is 12.0 Å². The summed E-state index contributed by atoms with van der Waals surface area (Å²) in [4.78, 5) is 49.6. The molecule has 1 heterocycles. The summed E-state index contributed by atoms with van der Waals surface area (Å²) in [5.74, 6) is -1.56. The zero-order valence-corrected chi connectivity index (χ0v) is 19.1. The third-order valence-corrected chi connectivity index (χ3v) is 5.88. The molecule has 0 saturated heterocycles. The van der Waals surface area contributed by atoms with Gasteiger partial charge in [0.15, 0.2) is 18.1 Å². The highest BCUT2D eigenvalue weighted by molar-refractivity contribution is 7.12. The number of rotatable bonds is 8. The van der Waals surface area contributed by atoms with Crippen molar-refractivity contribution in [2.75, 3.05) is 26.1 Å². The fraction of sp³-hybridized carbons (Fsp3) is 0.364. The molecule has 10 nitrogen and oxygen atoms in total. The van der Waals surface area contributed by atoms with Crippen molar-refractivity contribution in [1.82, 2.24) is 10.6 Å². The molecule has 1 saturated carbocycles. The quantitative estimate of drug-likeness (QED) is 0.500. The molecule has 1 aliphatic rings. The third kappa shape index (κ3) is 6.45. The second-order valence-electron chi connectivity index (χ2n) is 7.26. The molecule has 3 N–H and O–H groups in total. The Balaban J connectivity index is 1.67. The number of benzene rings is 1. The third-order valence-electron chi connectivity index (χ3n) is 5.01. The van der Waals surface area contributed by atoms with Gasteiger partial charge in [0.1, 0.15) is 0 Å². The highest BCUT2D eigenvalue weighted by atomic mass is 32.1. The number of ether oxygens (including phenoxy) is 3. The summed E-state index contributed by atoms with van der Waals surface area (Å²) in [7, 11) is 2.81. The molecule has 1 fully saturated rings. The summed E-state index contributed by atoms with van der Waals surface area (Å²) >= 11 is 1.24. The second kappa shape index (κ2) is 11.3. The predicted octanol–water partition coefficient (Wildman–Crippen LogP) is 2.94. The van der Waals surface area contributed by atoms with E-state index in [4.69, 9.17) is 14.2 Å². The molecule has 0 unspecified atom stereocenters. The second-order valence-corrected chi connectivity index (χ2v) is 8.21. The van der Waals surface area contributed by atoms with Gasteiger partial charge in [-0.3, -0.25) is 14.9 Å². The topological polar surface area (TPSA) is 132 Å². The van der Waals surface area contributed by atoms with Crippen molar-refractivity contribution >= 4 is 40.8 Å². The molecular formula is C22H25N3O7S. The first-order valence-electron chi connectivity index (χ1n) is 10.3. The van der Waals surface area contributed by atoms with E-state index in [1.165, 1.54) is 37.7 Å². The van der Waals surface area contributed by atoms with Crippen LogP contribution >= 0.6 is 11.3 Å². The Morgan fingerprint density at radius 3 is 2.39 bits per heavy atom. The largest absolute Gasteiger partial charge is 0.493 e. The Morgan fingerprint density at radius 1 is 1.06 bits per heavy atom. The Labute approximate surface area is 194 Å². The van der Waals surface area contributed by atoms with Gasteiger partial charge in [0.25, 0.3) is 11.8 Å². The van der Waals surface area contributed by atoms with Gasteiger partial charge in [-0.1, -0.05) is 18.9 Å². The van der Waals surface area contributed by atoms with Gasteiger partial charge in [-0.15, -0.1) is 11.3 Å². The molecule has 2 aromatic rings. The van der Waals surface area contributed by atoms with Crippen molar-refractivity contribution < 1.29 is 33.4 Å². The monoisotopic (exact) mass is 475 g/mol. The first-order valence-corrected chi connectivity index (χ1v) is 11.2. The number of methoxy groups -OCH3 is 2. The molecule has 1 aromatic heterocycles. The fourth-order valence-corrected chi connectivity index (χ4v) is 4.03. The Kier molecular flexibility index (Phi) is 8.25. The van der Waals surface area contributed by atoms with Crippen molar-refractivity contribution in [2.45, 2.75) is 31.7 Å². The molecule has 176 valence electrons. The van der Waals surface area contributed by atoms with Crippen molar-refractivity contribution in [2.24, 2.45) is 0 Å². The zero-order chi connectivity index (χ0) is 23.8. The van der Waals surface area contributed by atoms with Crippen LogP contribution in [0, 0.1) is 0 Å². The van der Waals surface area contributed by atoms with Crippen LogP contribution in [0.1, 0.15) is 45.7 Å². The number of carbonyl (C=O) groups is 4. The van der Waals surface area contributed by atoms with E-state index >= 15 is 0 Å². The summed E-state index contributed by atoms with van der Waals surface area (Å²) in [6.07, 6.45) is 3.81. The first kappa shape index (κ1) is 24.1. The first-order chi connectivity index (χ1) is 15.9. The average Bonchev–Trinajstić information content (AvgIpc) is 3.51. The molecular weight excluding hydrogens is 450 g/mol. The minimum Gasteiger partial charge on any atom is -0.493 e. The number of thiophene rings is 1. The fourth-order valence-electron chi connectivity index (χ4n) is 3.41. The lowest BCUT2D eigenvalue weighted by Gasteiger charge is -2.15. The van der Waals surface area contributed by atoms with E-state index < -0.39 is 30.4 Å². The smallest absolute Gasteiger partial charge is 0.340 e. The lowest BCUT2D eigenvalue weighted by atomic mass is 10.1. The van der Waals surface area contributed by atoms with E-state index in [9.17, 15) is 19.2 Å². The van der Waals surface area contributed by atoms with Crippen LogP contribution in [-0.4, -0.2) is 50.7 Å². The van der Waals surface area contributed by atoms with E-state index in [1.807, 2.05) is 0 Å². The minimum atomic E-state index is -0.885. The highest BCUT2D eigenvalue weighted by Crippen LogP contribution is 2.34. The molecule has 0 atom stereocenters. The van der Waals surface area contributed by atoms with Crippen molar-refractivity contribution in [3.8, 4) is 11.5 Å².